The third kappa shape index (κ3) is 4.72. The molecule has 1 amide bonds. The minimum absolute atomic E-state index is 0.0406. The van der Waals surface area contributed by atoms with Gasteiger partial charge in [0.05, 0.1) is 18.2 Å². The van der Waals surface area contributed by atoms with Crippen LogP contribution in [0, 0.1) is 0 Å². The minimum Gasteiger partial charge on any atom is -0.491 e. The van der Waals surface area contributed by atoms with E-state index in [0.717, 1.165) is 30.7 Å². The lowest BCUT2D eigenvalue weighted by atomic mass is 10.1. The third-order valence-electron chi connectivity index (χ3n) is 3.46. The molecule has 1 fully saturated rings. The normalized spacial score (nSPS) is 19.5. The lowest BCUT2D eigenvalue weighted by molar-refractivity contribution is -0.123. The van der Waals surface area contributed by atoms with Crippen LogP contribution in [-0.4, -0.2) is 36.2 Å². The third-order valence-corrected chi connectivity index (χ3v) is 3.46. The van der Waals surface area contributed by atoms with Crippen LogP contribution in [0.15, 0.2) is 24.3 Å². The van der Waals surface area contributed by atoms with E-state index in [1.165, 1.54) is 0 Å². The van der Waals surface area contributed by atoms with Gasteiger partial charge in [0, 0.05) is 6.54 Å². The molecule has 1 aliphatic heterocycles. The van der Waals surface area contributed by atoms with Crippen LogP contribution in [0.4, 0.5) is 0 Å². The number of hydrogen-bond acceptors (Lipinski definition) is 4. The van der Waals surface area contributed by atoms with E-state index < -0.39 is 6.10 Å². The molecule has 0 saturated carbocycles. The first-order chi connectivity index (χ1) is 10.1. The molecule has 0 aromatic heterocycles. The lowest BCUT2D eigenvalue weighted by Gasteiger charge is -2.16. The molecule has 1 aromatic rings. The second-order valence-electron chi connectivity index (χ2n) is 5.65. The van der Waals surface area contributed by atoms with Crippen molar-refractivity contribution < 1.29 is 14.6 Å². The highest BCUT2D eigenvalue weighted by Gasteiger charge is 2.22. The van der Waals surface area contributed by atoms with Crippen molar-refractivity contribution in [3.63, 3.8) is 0 Å². The molecule has 1 aromatic carbocycles. The van der Waals surface area contributed by atoms with Crippen LogP contribution in [0.5, 0.6) is 5.75 Å². The number of rotatable bonds is 6. The predicted molar refractivity (Wildman–Crippen MR) is 81.2 cm³/mol. The Balaban J connectivity index is 1.87. The number of ether oxygens (including phenoxy) is 1. The van der Waals surface area contributed by atoms with Gasteiger partial charge in [0.2, 0.25) is 5.91 Å². The van der Waals surface area contributed by atoms with Crippen LogP contribution in [0.25, 0.3) is 0 Å². The Morgan fingerprint density at radius 2 is 2.33 bits per heavy atom. The smallest absolute Gasteiger partial charge is 0.237 e. The quantitative estimate of drug-likeness (QED) is 0.741. The highest BCUT2D eigenvalue weighted by molar-refractivity contribution is 5.82. The second-order valence-corrected chi connectivity index (χ2v) is 5.65. The molecule has 0 bridgehead atoms. The summed E-state index contributed by atoms with van der Waals surface area (Å²) in [6.45, 7) is 5.01. The van der Waals surface area contributed by atoms with Gasteiger partial charge in [0.15, 0.2) is 0 Å². The number of carbonyl (C=O) groups excluding carboxylic acids is 1. The van der Waals surface area contributed by atoms with E-state index in [1.54, 1.807) is 0 Å². The summed E-state index contributed by atoms with van der Waals surface area (Å²) in [6.07, 6.45) is 1.24. The van der Waals surface area contributed by atoms with Crippen LogP contribution in [0.3, 0.4) is 0 Å². The van der Waals surface area contributed by atoms with E-state index in [9.17, 15) is 9.90 Å². The van der Waals surface area contributed by atoms with Gasteiger partial charge in [-0.05, 0) is 50.9 Å². The van der Waals surface area contributed by atoms with Gasteiger partial charge in [0.1, 0.15) is 5.75 Å². The molecule has 5 heteroatoms. The Hall–Kier alpha value is -1.59. The topological polar surface area (TPSA) is 70.6 Å². The average Bonchev–Trinajstić information content (AvgIpc) is 2.98. The van der Waals surface area contributed by atoms with Crippen molar-refractivity contribution in [2.45, 2.75) is 44.9 Å². The van der Waals surface area contributed by atoms with E-state index in [4.69, 9.17) is 4.74 Å². The number of hydrogen-bond donors (Lipinski definition) is 3. The SMILES string of the molecule is CC(C)Oc1cccc(C(O)CNC(=O)C2CCCN2)c1. The zero-order chi connectivity index (χ0) is 15.2. The summed E-state index contributed by atoms with van der Waals surface area (Å²) >= 11 is 0. The average molecular weight is 292 g/mol. The molecule has 2 atom stereocenters. The van der Waals surface area contributed by atoms with Crippen molar-refractivity contribution in [1.82, 2.24) is 10.6 Å². The van der Waals surface area contributed by atoms with Crippen molar-refractivity contribution in [3.8, 4) is 5.75 Å². The van der Waals surface area contributed by atoms with Crippen molar-refractivity contribution in [1.29, 1.82) is 0 Å². The standard InChI is InChI=1S/C16H24N2O3/c1-11(2)21-13-6-3-5-12(9-13)15(19)10-18-16(20)14-7-4-8-17-14/h3,5-6,9,11,14-15,17,19H,4,7-8,10H2,1-2H3,(H,18,20). The van der Waals surface area contributed by atoms with Crippen molar-refractivity contribution in [3.05, 3.63) is 29.8 Å². The zero-order valence-corrected chi connectivity index (χ0v) is 12.6. The van der Waals surface area contributed by atoms with Gasteiger partial charge in [-0.15, -0.1) is 0 Å². The zero-order valence-electron chi connectivity index (χ0n) is 12.6. The number of benzene rings is 1. The highest BCUT2D eigenvalue weighted by atomic mass is 16.5. The Kier molecular flexibility index (Phi) is 5.59. The molecular formula is C16H24N2O3. The van der Waals surface area contributed by atoms with E-state index >= 15 is 0 Å². The molecule has 2 rings (SSSR count). The summed E-state index contributed by atoms with van der Waals surface area (Å²) in [5.41, 5.74) is 0.743. The van der Waals surface area contributed by atoms with Crippen LogP contribution >= 0.6 is 0 Å². The number of nitrogens with one attached hydrogen (secondary N) is 2. The van der Waals surface area contributed by atoms with Gasteiger partial charge >= 0.3 is 0 Å². The Morgan fingerprint density at radius 1 is 1.52 bits per heavy atom. The van der Waals surface area contributed by atoms with E-state index in [-0.39, 0.29) is 24.6 Å². The Morgan fingerprint density at radius 3 is 3.00 bits per heavy atom. The van der Waals surface area contributed by atoms with Crippen molar-refractivity contribution >= 4 is 5.91 Å². The first-order valence-electron chi connectivity index (χ1n) is 7.52. The first kappa shape index (κ1) is 15.8. The number of aliphatic hydroxyl groups is 1. The monoisotopic (exact) mass is 292 g/mol. The molecular weight excluding hydrogens is 268 g/mol. The van der Waals surface area contributed by atoms with Gasteiger partial charge in [-0.25, -0.2) is 0 Å². The Bertz CT molecular complexity index is 470. The first-order valence-corrected chi connectivity index (χ1v) is 7.52. The summed E-state index contributed by atoms with van der Waals surface area (Å²) in [7, 11) is 0. The second kappa shape index (κ2) is 7.43. The summed E-state index contributed by atoms with van der Waals surface area (Å²) in [5.74, 6) is 0.687. The van der Waals surface area contributed by atoms with Crippen LogP contribution in [0.2, 0.25) is 0 Å². The van der Waals surface area contributed by atoms with Crippen LogP contribution in [0.1, 0.15) is 38.4 Å². The fraction of sp³-hybridized carbons (Fsp3) is 0.562. The maximum atomic E-state index is 11.9. The van der Waals surface area contributed by atoms with Gasteiger partial charge in [-0.1, -0.05) is 12.1 Å². The van der Waals surface area contributed by atoms with Crippen molar-refractivity contribution in [2.75, 3.05) is 13.1 Å². The van der Waals surface area contributed by atoms with Gasteiger partial charge in [-0.2, -0.15) is 0 Å². The highest BCUT2D eigenvalue weighted by Crippen LogP contribution is 2.20. The summed E-state index contributed by atoms with van der Waals surface area (Å²) in [4.78, 5) is 11.9. The van der Waals surface area contributed by atoms with E-state index in [1.807, 2.05) is 38.1 Å². The van der Waals surface area contributed by atoms with Gasteiger partial charge in [0.25, 0.3) is 0 Å². The van der Waals surface area contributed by atoms with E-state index in [2.05, 4.69) is 10.6 Å². The molecule has 0 spiro atoms. The molecule has 116 valence electrons. The predicted octanol–water partition coefficient (Wildman–Crippen LogP) is 1.38. The molecule has 0 aliphatic carbocycles. The molecule has 1 aliphatic rings. The van der Waals surface area contributed by atoms with Crippen molar-refractivity contribution in [2.24, 2.45) is 0 Å². The fourth-order valence-electron chi connectivity index (χ4n) is 2.41. The van der Waals surface area contributed by atoms with Crippen LogP contribution < -0.4 is 15.4 Å². The van der Waals surface area contributed by atoms with E-state index in [0.29, 0.717) is 0 Å². The molecule has 0 radical (unpaired) electrons. The largest absolute Gasteiger partial charge is 0.491 e. The number of amides is 1. The molecule has 5 nitrogen and oxygen atoms in total. The summed E-state index contributed by atoms with van der Waals surface area (Å²) in [6, 6.07) is 7.23. The maximum absolute atomic E-state index is 11.9. The molecule has 1 heterocycles. The summed E-state index contributed by atoms with van der Waals surface area (Å²) in [5, 5.41) is 16.1. The number of carbonyl (C=O) groups is 1. The fourth-order valence-corrected chi connectivity index (χ4v) is 2.41. The molecule has 2 unspecified atom stereocenters. The molecule has 1 saturated heterocycles. The maximum Gasteiger partial charge on any atom is 0.237 e. The Labute approximate surface area is 125 Å². The summed E-state index contributed by atoms with van der Waals surface area (Å²) < 4.78 is 5.60. The molecule has 21 heavy (non-hydrogen) atoms. The minimum atomic E-state index is -0.730. The molecule has 3 N–H and O–H groups in total. The number of aliphatic hydroxyl groups excluding tert-OH is 1. The van der Waals surface area contributed by atoms with Gasteiger partial charge in [-0.3, -0.25) is 4.79 Å². The van der Waals surface area contributed by atoms with Gasteiger partial charge < -0.3 is 20.5 Å². The lowest BCUT2D eigenvalue weighted by Crippen LogP contribution is -2.41. The van der Waals surface area contributed by atoms with Crippen LogP contribution in [-0.2, 0) is 4.79 Å².